The fourth-order valence-corrected chi connectivity index (χ4v) is 3.99. The van der Waals surface area contributed by atoms with Gasteiger partial charge in [0.25, 0.3) is 0 Å². The second-order valence-electron chi connectivity index (χ2n) is 5.38. The van der Waals surface area contributed by atoms with Crippen molar-refractivity contribution in [3.8, 4) is 11.5 Å². The minimum Gasteiger partial charge on any atom is -0.457 e. The maximum Gasteiger partial charge on any atom is 0.416 e. The van der Waals surface area contributed by atoms with Crippen molar-refractivity contribution < 1.29 is 22.7 Å². The third-order valence-electron chi connectivity index (χ3n) is 3.55. The van der Waals surface area contributed by atoms with Crippen molar-refractivity contribution in [2.24, 2.45) is 0 Å². The summed E-state index contributed by atoms with van der Waals surface area (Å²) in [7, 11) is -3.00. The Morgan fingerprint density at radius 2 is 1.23 bits per heavy atom. The summed E-state index contributed by atoms with van der Waals surface area (Å²) in [6.07, 6.45) is 0. The van der Waals surface area contributed by atoms with Crippen LogP contribution in [0.2, 0.25) is 0 Å². The van der Waals surface area contributed by atoms with E-state index in [-0.39, 0.29) is 10.9 Å². The molecule has 0 aliphatic heterocycles. The van der Waals surface area contributed by atoms with Gasteiger partial charge in [-0.05, 0) is 29.6 Å². The molecule has 0 amide bonds. The molecule has 0 fully saturated rings. The van der Waals surface area contributed by atoms with E-state index < -0.39 is 19.4 Å². The summed E-state index contributed by atoms with van der Waals surface area (Å²) in [5.74, 6) is -3.63. The highest BCUT2D eigenvalue weighted by Crippen LogP contribution is 2.54. The maximum atomic E-state index is 13.6. The molecule has 0 saturated heterocycles. The van der Waals surface area contributed by atoms with Crippen molar-refractivity contribution in [1.82, 2.24) is 0 Å². The van der Waals surface area contributed by atoms with Gasteiger partial charge in [-0.1, -0.05) is 60.7 Å². The van der Waals surface area contributed by atoms with Crippen molar-refractivity contribution in [3.05, 3.63) is 90.5 Å². The van der Waals surface area contributed by atoms with E-state index in [2.05, 4.69) is 0 Å². The van der Waals surface area contributed by atoms with E-state index in [4.69, 9.17) is 4.74 Å². The quantitative estimate of drug-likeness (QED) is 0.516. The van der Waals surface area contributed by atoms with Crippen LogP contribution in [0.25, 0.3) is 0 Å². The molecule has 0 radical (unpaired) electrons. The molecule has 3 aromatic carbocycles. The maximum absolute atomic E-state index is 13.6. The fourth-order valence-electron chi connectivity index (χ4n) is 2.38. The van der Waals surface area contributed by atoms with Crippen LogP contribution in [0.1, 0.15) is 10.4 Å². The van der Waals surface area contributed by atoms with Crippen LogP contribution < -0.4 is 10.0 Å². The molecule has 0 aliphatic rings. The molecule has 0 aliphatic carbocycles. The number of ether oxygens (including phenoxy) is 1. The summed E-state index contributed by atoms with van der Waals surface area (Å²) in [6.45, 7) is 0. The molecule has 2 nitrogen and oxygen atoms in total. The van der Waals surface area contributed by atoms with Crippen molar-refractivity contribution >= 4 is 18.8 Å². The van der Waals surface area contributed by atoms with Crippen molar-refractivity contribution in [2.45, 2.75) is 5.92 Å². The van der Waals surface area contributed by atoms with E-state index in [1.807, 2.05) is 6.07 Å². The Hall–Kier alpha value is -2.65. The van der Waals surface area contributed by atoms with Crippen LogP contribution in [0.4, 0.5) is 13.2 Å². The topological polar surface area (TPSA) is 26.3 Å². The third-order valence-corrected chi connectivity index (χ3v) is 5.54. The molecule has 0 aromatic heterocycles. The zero-order valence-corrected chi connectivity index (χ0v) is 14.4. The summed E-state index contributed by atoms with van der Waals surface area (Å²) >= 11 is 0. The Labute approximate surface area is 150 Å². The lowest BCUT2D eigenvalue weighted by atomic mass is 10.2. The molecule has 3 rings (SSSR count). The van der Waals surface area contributed by atoms with E-state index in [0.29, 0.717) is 11.5 Å². The van der Waals surface area contributed by atoms with Crippen LogP contribution in [0.3, 0.4) is 0 Å². The molecular weight excluding hydrogens is 360 g/mol. The largest absolute Gasteiger partial charge is 0.457 e. The number of hydrogen-bond acceptors (Lipinski definition) is 2. The van der Waals surface area contributed by atoms with E-state index in [1.54, 1.807) is 42.5 Å². The third kappa shape index (κ3) is 4.30. The molecule has 0 spiro atoms. The van der Waals surface area contributed by atoms with Gasteiger partial charge in [-0.2, -0.15) is 13.2 Å². The molecule has 6 heteroatoms. The van der Waals surface area contributed by atoms with Gasteiger partial charge in [0, 0.05) is 5.56 Å². The zero-order valence-electron chi connectivity index (χ0n) is 13.5. The number of carbonyl (C=O) groups is 1. The van der Waals surface area contributed by atoms with E-state index >= 15 is 0 Å². The smallest absolute Gasteiger partial charge is 0.416 e. The predicted molar refractivity (Wildman–Crippen MR) is 96.3 cm³/mol. The van der Waals surface area contributed by atoms with Gasteiger partial charge >= 0.3 is 5.92 Å². The van der Waals surface area contributed by atoms with E-state index in [0.717, 1.165) is 0 Å². The summed E-state index contributed by atoms with van der Waals surface area (Å²) in [5.41, 5.74) is -0.856. The van der Waals surface area contributed by atoms with Crippen LogP contribution >= 0.6 is 7.92 Å². The zero-order chi connectivity index (χ0) is 18.6. The first kappa shape index (κ1) is 18.2. The van der Waals surface area contributed by atoms with Gasteiger partial charge in [0.2, 0.25) is 0 Å². The first-order valence-corrected chi connectivity index (χ1v) is 9.08. The van der Waals surface area contributed by atoms with Crippen LogP contribution in [-0.2, 0) is 0 Å². The second kappa shape index (κ2) is 7.71. The number of hydrogen-bond donors (Lipinski definition) is 0. The van der Waals surface area contributed by atoms with Crippen LogP contribution in [0, 0.1) is 0 Å². The Morgan fingerprint density at radius 1 is 0.731 bits per heavy atom. The molecule has 26 heavy (non-hydrogen) atoms. The molecule has 0 bridgehead atoms. The van der Waals surface area contributed by atoms with Gasteiger partial charge in [-0.3, -0.25) is 4.79 Å². The van der Waals surface area contributed by atoms with Gasteiger partial charge in [-0.15, -0.1) is 0 Å². The average molecular weight is 374 g/mol. The van der Waals surface area contributed by atoms with Gasteiger partial charge in [0.1, 0.15) is 19.4 Å². The standard InChI is InChI=1S/C20H14F3O2P/c21-20(22,23)26(19(24)15-7-3-1-4-8-15)18-13-11-17(12-14-18)25-16-9-5-2-6-10-16/h1-14H. The van der Waals surface area contributed by atoms with Crippen molar-refractivity contribution in [1.29, 1.82) is 0 Å². The first-order valence-electron chi connectivity index (χ1n) is 7.74. The van der Waals surface area contributed by atoms with Crippen molar-refractivity contribution in [2.75, 3.05) is 0 Å². The molecule has 0 saturated carbocycles. The van der Waals surface area contributed by atoms with Gasteiger partial charge in [-0.25, -0.2) is 0 Å². The van der Waals surface area contributed by atoms with Crippen LogP contribution in [0.15, 0.2) is 84.9 Å². The lowest BCUT2D eigenvalue weighted by Gasteiger charge is -2.20. The number of carbonyl (C=O) groups excluding carboxylic acids is 1. The van der Waals surface area contributed by atoms with Gasteiger partial charge in [0.05, 0.1) is 0 Å². The number of rotatable bonds is 5. The van der Waals surface area contributed by atoms with Gasteiger partial charge < -0.3 is 4.74 Å². The molecule has 3 aromatic rings. The van der Waals surface area contributed by atoms with Crippen molar-refractivity contribution in [3.63, 3.8) is 0 Å². The number of benzene rings is 3. The predicted octanol–water partition coefficient (Wildman–Crippen LogP) is 5.95. The van der Waals surface area contributed by atoms with Crippen LogP contribution in [-0.4, -0.2) is 11.4 Å². The van der Waals surface area contributed by atoms with Gasteiger partial charge in [0.15, 0.2) is 5.52 Å². The highest BCUT2D eigenvalue weighted by molar-refractivity contribution is 7.82. The summed E-state index contributed by atoms with van der Waals surface area (Å²) < 4.78 is 46.3. The SMILES string of the molecule is O=C(c1ccccc1)P(c1ccc(Oc2ccccc2)cc1)C(F)(F)F. The number of halogens is 3. The summed E-state index contributed by atoms with van der Waals surface area (Å²) in [4.78, 5) is 12.4. The Kier molecular flexibility index (Phi) is 5.38. The summed E-state index contributed by atoms with van der Waals surface area (Å²) in [5, 5.41) is -0.0539. The number of para-hydroxylation sites is 1. The Bertz CT molecular complexity index is 863. The Morgan fingerprint density at radius 3 is 1.77 bits per heavy atom. The molecule has 132 valence electrons. The Balaban J connectivity index is 1.87. The molecule has 1 atom stereocenters. The minimum absolute atomic E-state index is 0.0539. The highest BCUT2D eigenvalue weighted by Gasteiger charge is 2.46. The molecule has 1 unspecified atom stereocenters. The van der Waals surface area contributed by atoms with Crippen LogP contribution in [0.5, 0.6) is 11.5 Å². The monoisotopic (exact) mass is 374 g/mol. The molecule has 0 heterocycles. The normalized spacial score (nSPS) is 12.4. The minimum atomic E-state index is -4.62. The fraction of sp³-hybridized carbons (Fsp3) is 0.0500. The van der Waals surface area contributed by atoms with E-state index in [1.165, 1.54) is 36.4 Å². The first-order chi connectivity index (χ1) is 12.4. The summed E-state index contributed by atoms with van der Waals surface area (Å²) in [6, 6.07) is 22.0. The lowest BCUT2D eigenvalue weighted by molar-refractivity contribution is -0.0384. The highest BCUT2D eigenvalue weighted by atomic mass is 31.1. The number of alkyl halides is 3. The lowest BCUT2D eigenvalue weighted by Crippen LogP contribution is -2.21. The molecule has 0 N–H and O–H groups in total. The average Bonchev–Trinajstić information content (AvgIpc) is 2.64. The van der Waals surface area contributed by atoms with E-state index in [9.17, 15) is 18.0 Å². The second-order valence-corrected chi connectivity index (χ2v) is 7.48. The molecular formula is C20H14F3O2P.